The van der Waals surface area contributed by atoms with Crippen LogP contribution in [0.5, 0.6) is 5.75 Å². The van der Waals surface area contributed by atoms with Crippen LogP contribution >= 0.6 is 0 Å². The van der Waals surface area contributed by atoms with Crippen LogP contribution in [-0.2, 0) is 4.79 Å². The summed E-state index contributed by atoms with van der Waals surface area (Å²) in [7, 11) is 0. The van der Waals surface area contributed by atoms with E-state index in [1.54, 1.807) is 18.2 Å². The summed E-state index contributed by atoms with van der Waals surface area (Å²) < 4.78 is 18.7. The van der Waals surface area contributed by atoms with E-state index in [-0.39, 0.29) is 17.5 Å². The minimum atomic E-state index is -0.361. The number of halogens is 1. The highest BCUT2D eigenvalue weighted by Gasteiger charge is 2.24. The van der Waals surface area contributed by atoms with E-state index in [0.29, 0.717) is 31.4 Å². The van der Waals surface area contributed by atoms with Crippen LogP contribution in [0.25, 0.3) is 0 Å². The van der Waals surface area contributed by atoms with Crippen molar-refractivity contribution in [2.24, 2.45) is 5.92 Å². The maximum Gasteiger partial charge on any atom is 0.220 e. The van der Waals surface area contributed by atoms with Crippen LogP contribution < -0.4 is 10.1 Å². The van der Waals surface area contributed by atoms with E-state index in [2.05, 4.69) is 12.2 Å². The molecular weight excluding hydrogens is 281 g/mol. The van der Waals surface area contributed by atoms with Gasteiger partial charge in [0.15, 0.2) is 11.6 Å². The Labute approximate surface area is 132 Å². The van der Waals surface area contributed by atoms with Gasteiger partial charge >= 0.3 is 0 Å². The number of hydrogen-bond acceptors (Lipinski definition) is 2. The van der Waals surface area contributed by atoms with E-state index >= 15 is 0 Å². The van der Waals surface area contributed by atoms with Gasteiger partial charge in [-0.15, -0.1) is 0 Å². The second-order valence-corrected chi connectivity index (χ2v) is 6.01. The SMILES string of the molecule is CCC1CCCCC1NC(=O)CCCOc1ccccc1F. The molecular formula is C18H26FNO2. The van der Waals surface area contributed by atoms with Crippen molar-refractivity contribution in [1.82, 2.24) is 5.32 Å². The smallest absolute Gasteiger partial charge is 0.220 e. The molecule has 122 valence electrons. The number of amides is 1. The summed E-state index contributed by atoms with van der Waals surface area (Å²) >= 11 is 0. The van der Waals surface area contributed by atoms with Gasteiger partial charge in [-0.25, -0.2) is 4.39 Å². The molecule has 0 bridgehead atoms. The zero-order valence-corrected chi connectivity index (χ0v) is 13.3. The van der Waals surface area contributed by atoms with E-state index < -0.39 is 0 Å². The molecule has 4 heteroatoms. The van der Waals surface area contributed by atoms with Crippen molar-refractivity contribution >= 4 is 5.91 Å². The van der Waals surface area contributed by atoms with Gasteiger partial charge in [-0.05, 0) is 37.3 Å². The quantitative estimate of drug-likeness (QED) is 0.771. The van der Waals surface area contributed by atoms with Crippen LogP contribution in [0.15, 0.2) is 24.3 Å². The number of ether oxygens (including phenoxy) is 1. The van der Waals surface area contributed by atoms with Gasteiger partial charge in [0.2, 0.25) is 5.91 Å². The molecule has 1 aromatic rings. The molecule has 0 heterocycles. The van der Waals surface area contributed by atoms with Crippen molar-refractivity contribution in [3.63, 3.8) is 0 Å². The fraction of sp³-hybridized carbons (Fsp3) is 0.611. The lowest BCUT2D eigenvalue weighted by Gasteiger charge is -2.31. The largest absolute Gasteiger partial charge is 0.491 e. The summed E-state index contributed by atoms with van der Waals surface area (Å²) in [6.07, 6.45) is 6.96. The van der Waals surface area contributed by atoms with Gasteiger partial charge in [-0.1, -0.05) is 38.3 Å². The van der Waals surface area contributed by atoms with Gasteiger partial charge in [-0.2, -0.15) is 0 Å². The van der Waals surface area contributed by atoms with Gasteiger partial charge in [0.25, 0.3) is 0 Å². The molecule has 2 rings (SSSR count). The normalized spacial score (nSPS) is 21.4. The number of hydrogen-bond donors (Lipinski definition) is 1. The topological polar surface area (TPSA) is 38.3 Å². The Balaban J connectivity index is 1.66. The molecule has 2 unspecified atom stereocenters. The van der Waals surface area contributed by atoms with E-state index in [9.17, 15) is 9.18 Å². The van der Waals surface area contributed by atoms with Crippen molar-refractivity contribution in [3.8, 4) is 5.75 Å². The number of nitrogens with one attached hydrogen (secondary N) is 1. The highest BCUT2D eigenvalue weighted by atomic mass is 19.1. The average Bonchev–Trinajstić information content (AvgIpc) is 2.53. The van der Waals surface area contributed by atoms with Gasteiger partial charge < -0.3 is 10.1 Å². The lowest BCUT2D eigenvalue weighted by molar-refractivity contribution is -0.122. The second-order valence-electron chi connectivity index (χ2n) is 6.01. The summed E-state index contributed by atoms with van der Waals surface area (Å²) in [5.74, 6) is 0.594. The van der Waals surface area contributed by atoms with Crippen LogP contribution in [0.4, 0.5) is 4.39 Å². The molecule has 0 aromatic heterocycles. The van der Waals surface area contributed by atoms with E-state index in [0.717, 1.165) is 12.8 Å². The molecule has 1 aliphatic rings. The van der Waals surface area contributed by atoms with Gasteiger partial charge in [-0.3, -0.25) is 4.79 Å². The molecule has 1 aromatic carbocycles. The molecule has 1 aliphatic carbocycles. The van der Waals surface area contributed by atoms with E-state index in [1.165, 1.54) is 25.3 Å². The summed E-state index contributed by atoms with van der Waals surface area (Å²) in [6.45, 7) is 2.55. The second kappa shape index (κ2) is 8.76. The van der Waals surface area contributed by atoms with Crippen LogP contribution in [0.2, 0.25) is 0 Å². The Morgan fingerprint density at radius 1 is 1.32 bits per heavy atom. The Morgan fingerprint density at radius 3 is 2.86 bits per heavy atom. The molecule has 0 spiro atoms. The highest BCUT2D eigenvalue weighted by Crippen LogP contribution is 2.26. The Hall–Kier alpha value is -1.58. The molecule has 22 heavy (non-hydrogen) atoms. The first-order valence-corrected chi connectivity index (χ1v) is 8.37. The molecule has 1 fully saturated rings. The molecule has 1 amide bonds. The third-order valence-corrected chi connectivity index (χ3v) is 4.42. The van der Waals surface area contributed by atoms with Crippen LogP contribution in [0.1, 0.15) is 51.9 Å². The van der Waals surface area contributed by atoms with Crippen molar-refractivity contribution in [2.45, 2.75) is 57.9 Å². The first-order valence-electron chi connectivity index (χ1n) is 8.37. The third-order valence-electron chi connectivity index (χ3n) is 4.42. The monoisotopic (exact) mass is 307 g/mol. The number of carbonyl (C=O) groups excluding carboxylic acids is 1. The number of para-hydroxylation sites is 1. The average molecular weight is 307 g/mol. The highest BCUT2D eigenvalue weighted by molar-refractivity contribution is 5.76. The Morgan fingerprint density at radius 2 is 2.09 bits per heavy atom. The van der Waals surface area contributed by atoms with Crippen molar-refractivity contribution < 1.29 is 13.9 Å². The third kappa shape index (κ3) is 5.00. The summed E-state index contributed by atoms with van der Waals surface area (Å²) in [5, 5.41) is 3.16. The predicted molar refractivity (Wildman–Crippen MR) is 85.3 cm³/mol. The first kappa shape index (κ1) is 16.8. The number of carbonyl (C=O) groups is 1. The molecule has 1 N–H and O–H groups in total. The molecule has 3 nitrogen and oxygen atoms in total. The van der Waals surface area contributed by atoms with Crippen molar-refractivity contribution in [1.29, 1.82) is 0 Å². The zero-order valence-electron chi connectivity index (χ0n) is 13.3. The molecule has 0 aliphatic heterocycles. The Bertz CT molecular complexity index is 478. The number of benzene rings is 1. The first-order chi connectivity index (χ1) is 10.7. The fourth-order valence-corrected chi connectivity index (χ4v) is 3.14. The lowest BCUT2D eigenvalue weighted by atomic mass is 9.83. The summed E-state index contributed by atoms with van der Waals surface area (Å²) in [4.78, 5) is 12.0. The molecule has 0 radical (unpaired) electrons. The van der Waals surface area contributed by atoms with E-state index in [4.69, 9.17) is 4.74 Å². The van der Waals surface area contributed by atoms with Gasteiger partial charge in [0.05, 0.1) is 6.61 Å². The Kier molecular flexibility index (Phi) is 6.69. The maximum atomic E-state index is 13.4. The van der Waals surface area contributed by atoms with Crippen molar-refractivity contribution in [2.75, 3.05) is 6.61 Å². The molecule has 0 saturated heterocycles. The zero-order chi connectivity index (χ0) is 15.8. The number of rotatable bonds is 7. The van der Waals surface area contributed by atoms with E-state index in [1.807, 2.05) is 0 Å². The van der Waals surface area contributed by atoms with Crippen LogP contribution in [0, 0.1) is 11.7 Å². The van der Waals surface area contributed by atoms with Crippen LogP contribution in [-0.4, -0.2) is 18.6 Å². The minimum absolute atomic E-state index is 0.0856. The minimum Gasteiger partial charge on any atom is -0.491 e. The van der Waals surface area contributed by atoms with Gasteiger partial charge in [0.1, 0.15) is 0 Å². The summed E-state index contributed by atoms with van der Waals surface area (Å²) in [5.41, 5.74) is 0. The van der Waals surface area contributed by atoms with Crippen molar-refractivity contribution in [3.05, 3.63) is 30.1 Å². The standard InChI is InChI=1S/C18H26FNO2/c1-2-14-8-3-5-10-16(14)20-18(21)12-7-13-22-17-11-6-4-9-15(17)19/h4,6,9,11,14,16H,2-3,5,7-8,10,12-13H2,1H3,(H,20,21). The predicted octanol–water partition coefficient (Wildman–Crippen LogP) is 4.07. The molecule has 1 saturated carbocycles. The van der Waals surface area contributed by atoms with Crippen LogP contribution in [0.3, 0.4) is 0 Å². The summed E-state index contributed by atoms with van der Waals surface area (Å²) in [6, 6.07) is 6.67. The maximum absolute atomic E-state index is 13.4. The molecule has 2 atom stereocenters. The fourth-order valence-electron chi connectivity index (χ4n) is 3.14. The van der Waals surface area contributed by atoms with Gasteiger partial charge in [0, 0.05) is 12.5 Å². The lowest BCUT2D eigenvalue weighted by Crippen LogP contribution is -2.41.